The number of aliphatic carboxylic acids is 2. The molecule has 6 heteroatoms. The number of carbonyl (C=O) groups excluding carboxylic acids is 1. The maximum Gasteiger partial charge on any atom is 0.332 e. The lowest BCUT2D eigenvalue weighted by Crippen LogP contribution is -2.06. The Bertz CT molecular complexity index is 255. The minimum absolute atomic E-state index is 0.433. The summed E-state index contributed by atoms with van der Waals surface area (Å²) in [6, 6.07) is 0. The van der Waals surface area contributed by atoms with E-state index in [1.807, 2.05) is 0 Å². The molecule has 0 bridgehead atoms. The molecule has 12 heavy (non-hydrogen) atoms. The van der Waals surface area contributed by atoms with Crippen LogP contribution >= 0.6 is 11.6 Å². The van der Waals surface area contributed by atoms with Crippen LogP contribution in [0.5, 0.6) is 0 Å². The molecule has 0 aromatic rings. The number of hydrogen-bond donors (Lipinski definition) is 2. The molecule has 0 spiro atoms. The van der Waals surface area contributed by atoms with Crippen molar-refractivity contribution < 1.29 is 24.6 Å². The average Bonchev–Trinajstić information content (AvgIpc) is 1.83. The lowest BCUT2D eigenvalue weighted by molar-refractivity contribution is -0.135. The summed E-state index contributed by atoms with van der Waals surface area (Å²) in [7, 11) is 0. The first-order valence-electron chi connectivity index (χ1n) is 2.78. The predicted molar refractivity (Wildman–Crippen MR) is 38.8 cm³/mol. The summed E-state index contributed by atoms with van der Waals surface area (Å²) in [5.41, 5.74) is -0.539. The molecular weight excluding hydrogens is 188 g/mol. The van der Waals surface area contributed by atoms with Gasteiger partial charge in [-0.2, -0.15) is 0 Å². The van der Waals surface area contributed by atoms with Crippen LogP contribution in [0.3, 0.4) is 0 Å². The van der Waals surface area contributed by atoms with Crippen LogP contribution < -0.4 is 0 Å². The van der Waals surface area contributed by atoms with Crippen molar-refractivity contribution in [2.75, 3.05) is 0 Å². The molecule has 0 aliphatic carbocycles. The fraction of sp³-hybridized carbons (Fsp3) is 0.167. The Kier molecular flexibility index (Phi) is 3.99. The van der Waals surface area contributed by atoms with Crippen molar-refractivity contribution in [1.82, 2.24) is 0 Å². The molecule has 0 atom stereocenters. The molecule has 2 N–H and O–H groups in total. The van der Waals surface area contributed by atoms with Crippen molar-refractivity contribution in [2.24, 2.45) is 0 Å². The molecule has 66 valence electrons. The Labute approximate surface area is 72.3 Å². The van der Waals surface area contributed by atoms with Gasteiger partial charge < -0.3 is 10.2 Å². The number of hydrogen-bond acceptors (Lipinski definition) is 3. The van der Waals surface area contributed by atoms with Gasteiger partial charge in [-0.05, 0) is 11.6 Å². The molecule has 0 aliphatic heterocycles. The minimum Gasteiger partial charge on any atom is -0.478 e. The third-order valence-corrected chi connectivity index (χ3v) is 1.04. The average molecular weight is 193 g/mol. The van der Waals surface area contributed by atoms with E-state index in [4.69, 9.17) is 21.8 Å². The summed E-state index contributed by atoms with van der Waals surface area (Å²) in [5, 5.41) is 15.6. The van der Waals surface area contributed by atoms with E-state index in [9.17, 15) is 14.4 Å². The van der Waals surface area contributed by atoms with Gasteiger partial charge in [0.1, 0.15) is 0 Å². The summed E-state index contributed by atoms with van der Waals surface area (Å²) in [6.45, 7) is 0. The zero-order valence-corrected chi connectivity index (χ0v) is 6.54. The third kappa shape index (κ3) is 4.45. The second-order valence-corrected chi connectivity index (χ2v) is 2.27. The third-order valence-electron chi connectivity index (χ3n) is 0.902. The van der Waals surface area contributed by atoms with Gasteiger partial charge in [0.15, 0.2) is 0 Å². The van der Waals surface area contributed by atoms with Crippen LogP contribution in [0.1, 0.15) is 6.42 Å². The second-order valence-electron chi connectivity index (χ2n) is 1.84. The predicted octanol–water partition coefficient (Wildman–Crippen LogP) is 0.238. The van der Waals surface area contributed by atoms with E-state index in [2.05, 4.69) is 0 Å². The van der Waals surface area contributed by atoms with Crippen LogP contribution in [0.15, 0.2) is 11.6 Å². The van der Waals surface area contributed by atoms with Crippen LogP contribution in [0.4, 0.5) is 0 Å². The van der Waals surface area contributed by atoms with Gasteiger partial charge in [-0.25, -0.2) is 9.59 Å². The monoisotopic (exact) mass is 192 g/mol. The highest BCUT2D eigenvalue weighted by Crippen LogP contribution is 2.04. The Morgan fingerprint density at radius 1 is 1.25 bits per heavy atom. The Morgan fingerprint density at radius 2 is 1.75 bits per heavy atom. The highest BCUT2D eigenvalue weighted by Gasteiger charge is 2.12. The van der Waals surface area contributed by atoms with Crippen LogP contribution in [-0.2, 0) is 14.4 Å². The van der Waals surface area contributed by atoms with Crippen molar-refractivity contribution >= 4 is 28.8 Å². The van der Waals surface area contributed by atoms with Gasteiger partial charge in [-0.3, -0.25) is 4.79 Å². The topological polar surface area (TPSA) is 91.7 Å². The van der Waals surface area contributed by atoms with Crippen molar-refractivity contribution in [3.05, 3.63) is 11.6 Å². The van der Waals surface area contributed by atoms with Crippen molar-refractivity contribution in [3.8, 4) is 0 Å². The molecule has 0 amide bonds. The van der Waals surface area contributed by atoms with Gasteiger partial charge in [0.25, 0.3) is 0 Å². The smallest absolute Gasteiger partial charge is 0.332 e. The summed E-state index contributed by atoms with van der Waals surface area (Å²) in [5.74, 6) is -2.89. The van der Waals surface area contributed by atoms with Crippen LogP contribution in [0.2, 0.25) is 0 Å². The summed E-state index contributed by atoms with van der Waals surface area (Å²) in [6.07, 6.45) is -0.161. The number of carbonyl (C=O) groups is 3. The maximum absolute atomic E-state index is 10.2. The van der Waals surface area contributed by atoms with Gasteiger partial charge in [0, 0.05) is 6.08 Å². The van der Waals surface area contributed by atoms with Gasteiger partial charge in [-0.15, -0.1) is 0 Å². The zero-order chi connectivity index (χ0) is 9.72. The van der Waals surface area contributed by atoms with Gasteiger partial charge >= 0.3 is 11.9 Å². The molecular formula is C6H5ClO5. The molecule has 0 aromatic heterocycles. The van der Waals surface area contributed by atoms with Gasteiger partial charge in [-0.1, -0.05) is 0 Å². The quantitative estimate of drug-likeness (QED) is 0.492. The Morgan fingerprint density at radius 3 is 2.00 bits per heavy atom. The Balaban J connectivity index is 4.55. The molecule has 0 aromatic carbocycles. The van der Waals surface area contributed by atoms with Gasteiger partial charge in [0.2, 0.25) is 5.24 Å². The first-order valence-corrected chi connectivity index (χ1v) is 3.16. The maximum atomic E-state index is 10.2. The summed E-state index contributed by atoms with van der Waals surface area (Å²) in [4.78, 5) is 30.4. The summed E-state index contributed by atoms with van der Waals surface area (Å²) >= 11 is 4.86. The molecule has 0 heterocycles. The second kappa shape index (κ2) is 4.50. The minimum atomic E-state index is -1.47. The van der Waals surface area contributed by atoms with Gasteiger partial charge in [0.05, 0.1) is 12.0 Å². The van der Waals surface area contributed by atoms with Crippen LogP contribution in [-0.4, -0.2) is 27.4 Å². The number of carboxylic acids is 2. The summed E-state index contributed by atoms with van der Waals surface area (Å²) < 4.78 is 0. The molecule has 0 rings (SSSR count). The number of halogens is 1. The molecule has 0 fully saturated rings. The first kappa shape index (κ1) is 10.6. The lowest BCUT2D eigenvalue weighted by Gasteiger charge is -1.94. The molecule has 0 saturated carbocycles. The highest BCUT2D eigenvalue weighted by atomic mass is 35.5. The molecule has 5 nitrogen and oxygen atoms in total. The van der Waals surface area contributed by atoms with Crippen LogP contribution in [0.25, 0.3) is 0 Å². The molecule has 0 unspecified atom stereocenters. The molecule has 0 radical (unpaired) electrons. The van der Waals surface area contributed by atoms with E-state index in [0.717, 1.165) is 0 Å². The fourth-order valence-corrected chi connectivity index (χ4v) is 0.631. The molecule has 0 saturated heterocycles. The van der Waals surface area contributed by atoms with E-state index in [-0.39, 0.29) is 0 Å². The standard InChI is InChI=1S/C6H5ClO5/c7-4(8)1-3(6(11)12)2-5(9)10/h2H,1H2,(H,9,10)(H,11,12)/b3-2+. The first-order chi connectivity index (χ1) is 5.43. The fourth-order valence-electron chi connectivity index (χ4n) is 0.487. The zero-order valence-electron chi connectivity index (χ0n) is 5.78. The molecule has 0 aliphatic rings. The normalized spacial score (nSPS) is 10.9. The van der Waals surface area contributed by atoms with Crippen molar-refractivity contribution in [1.29, 1.82) is 0 Å². The highest BCUT2D eigenvalue weighted by molar-refractivity contribution is 6.64. The van der Waals surface area contributed by atoms with Crippen LogP contribution in [0, 0.1) is 0 Å². The Hall–Kier alpha value is -1.36. The van der Waals surface area contributed by atoms with Crippen molar-refractivity contribution in [3.63, 3.8) is 0 Å². The van der Waals surface area contributed by atoms with E-state index >= 15 is 0 Å². The number of rotatable bonds is 4. The SMILES string of the molecule is O=C(O)/C=C(\CC(=O)Cl)C(=O)O. The van der Waals surface area contributed by atoms with E-state index < -0.39 is 29.2 Å². The largest absolute Gasteiger partial charge is 0.478 e. The number of carboxylic acid groups (broad SMARTS) is 2. The van der Waals surface area contributed by atoms with Crippen molar-refractivity contribution in [2.45, 2.75) is 6.42 Å². The van der Waals surface area contributed by atoms with E-state index in [1.165, 1.54) is 0 Å². The lowest BCUT2D eigenvalue weighted by atomic mass is 10.2. The van der Waals surface area contributed by atoms with E-state index in [0.29, 0.717) is 6.08 Å². The van der Waals surface area contributed by atoms with E-state index in [1.54, 1.807) is 0 Å².